The summed E-state index contributed by atoms with van der Waals surface area (Å²) in [5.74, 6) is -4.04. The van der Waals surface area contributed by atoms with Gasteiger partial charge >= 0.3 is 12.3 Å². The molecule has 6 heteroatoms. The first-order valence-corrected chi connectivity index (χ1v) is 5.51. The largest absolute Gasteiger partial charge is 0.487 e. The van der Waals surface area contributed by atoms with Gasteiger partial charge in [-0.2, -0.15) is 8.78 Å². The molecule has 1 aromatic rings. The number of ether oxygens (including phenoxy) is 1. The van der Waals surface area contributed by atoms with Gasteiger partial charge in [-0.25, -0.2) is 8.78 Å². The Hall–Kier alpha value is -1.30. The molecule has 0 saturated heterocycles. The fourth-order valence-corrected chi connectivity index (χ4v) is 1.31. The van der Waals surface area contributed by atoms with Crippen LogP contribution >= 0.6 is 0 Å². The highest BCUT2D eigenvalue weighted by molar-refractivity contribution is 5.30. The highest BCUT2D eigenvalue weighted by Crippen LogP contribution is 2.25. The van der Waals surface area contributed by atoms with E-state index in [-0.39, 0.29) is 11.8 Å². The lowest BCUT2D eigenvalue weighted by molar-refractivity contribution is -0.148. The Morgan fingerprint density at radius 3 is 2.56 bits per heavy atom. The van der Waals surface area contributed by atoms with E-state index in [1.807, 2.05) is 6.92 Å². The number of hydrogen-bond acceptors (Lipinski definition) is 2. The number of halogens is 4. The molecule has 0 radical (unpaired) electrons. The average molecular weight is 265 g/mol. The highest BCUT2D eigenvalue weighted by atomic mass is 19.3. The van der Waals surface area contributed by atoms with Crippen LogP contribution in [0.25, 0.3) is 0 Å². The predicted molar refractivity (Wildman–Crippen MR) is 60.1 cm³/mol. The Morgan fingerprint density at radius 1 is 1.33 bits per heavy atom. The first-order valence-electron chi connectivity index (χ1n) is 5.51. The molecule has 1 rings (SSSR count). The van der Waals surface area contributed by atoms with Crippen molar-refractivity contribution in [3.63, 3.8) is 0 Å². The lowest BCUT2D eigenvalue weighted by Crippen LogP contribution is -2.33. The van der Waals surface area contributed by atoms with Gasteiger partial charge in [-0.3, -0.25) is 0 Å². The number of hydrogen-bond donors (Lipinski definition) is 1. The highest BCUT2D eigenvalue weighted by Gasteiger charge is 2.41. The van der Waals surface area contributed by atoms with Gasteiger partial charge in [-0.05, 0) is 24.1 Å². The third-order valence-electron chi connectivity index (χ3n) is 2.48. The second-order valence-corrected chi connectivity index (χ2v) is 3.94. The smallest absolute Gasteiger partial charge is 0.340 e. The zero-order valence-corrected chi connectivity index (χ0v) is 9.88. The lowest BCUT2D eigenvalue weighted by Gasteiger charge is -2.17. The van der Waals surface area contributed by atoms with Gasteiger partial charge in [0.25, 0.3) is 0 Å². The summed E-state index contributed by atoms with van der Waals surface area (Å²) >= 11 is 0. The maximum absolute atomic E-state index is 12.7. The maximum Gasteiger partial charge on any atom is 0.340 e. The first kappa shape index (κ1) is 14.8. The predicted octanol–water partition coefficient (Wildman–Crippen LogP) is 3.38. The number of alkyl halides is 4. The Balaban J connectivity index is 2.68. The van der Waals surface area contributed by atoms with Crippen LogP contribution in [0.1, 0.15) is 24.9 Å². The summed E-state index contributed by atoms with van der Waals surface area (Å²) in [6, 6.07) is 5.99. The van der Waals surface area contributed by atoms with Crippen molar-refractivity contribution in [1.29, 1.82) is 0 Å². The minimum Gasteiger partial charge on any atom is -0.487 e. The molecule has 0 aliphatic carbocycles. The van der Waals surface area contributed by atoms with E-state index in [0.717, 1.165) is 5.56 Å². The van der Waals surface area contributed by atoms with Crippen molar-refractivity contribution in [3.8, 4) is 5.75 Å². The van der Waals surface area contributed by atoms with E-state index >= 15 is 0 Å². The molecule has 0 fully saturated rings. The van der Waals surface area contributed by atoms with Crippen LogP contribution in [0.4, 0.5) is 17.6 Å². The normalized spacial score (nSPS) is 13.7. The van der Waals surface area contributed by atoms with Gasteiger partial charge in [0.05, 0.1) is 0 Å². The molecular weight excluding hydrogens is 250 g/mol. The molecule has 0 spiro atoms. The summed E-state index contributed by atoms with van der Waals surface area (Å²) in [7, 11) is 0. The molecule has 0 bridgehead atoms. The van der Waals surface area contributed by atoms with Crippen molar-refractivity contribution in [3.05, 3.63) is 29.8 Å². The molecule has 1 atom stereocenters. The molecule has 0 heterocycles. The standard InChI is InChI=1S/C12H15F4NO/c1-2-10(17)8-4-3-5-9(6-8)18-7-12(15,16)11(13)14/h3-6,10-11H,2,7,17H2,1H3. The Labute approximate surface area is 103 Å². The maximum atomic E-state index is 12.7. The van der Waals surface area contributed by atoms with Crippen molar-refractivity contribution in [2.24, 2.45) is 5.73 Å². The van der Waals surface area contributed by atoms with Gasteiger partial charge in [0.15, 0.2) is 6.61 Å². The molecule has 0 aliphatic heterocycles. The minimum absolute atomic E-state index is 0.108. The first-order chi connectivity index (χ1) is 8.36. The van der Waals surface area contributed by atoms with E-state index in [2.05, 4.69) is 4.74 Å². The summed E-state index contributed by atoms with van der Waals surface area (Å²) < 4.78 is 53.9. The summed E-state index contributed by atoms with van der Waals surface area (Å²) in [6.07, 6.45) is -3.06. The van der Waals surface area contributed by atoms with Crippen LogP contribution in [0.15, 0.2) is 24.3 Å². The molecule has 1 aromatic carbocycles. The van der Waals surface area contributed by atoms with E-state index in [4.69, 9.17) is 5.73 Å². The van der Waals surface area contributed by atoms with Crippen LogP contribution in [-0.4, -0.2) is 19.0 Å². The van der Waals surface area contributed by atoms with Crippen molar-refractivity contribution in [2.75, 3.05) is 6.61 Å². The third-order valence-corrected chi connectivity index (χ3v) is 2.48. The van der Waals surface area contributed by atoms with E-state index in [1.54, 1.807) is 12.1 Å². The fourth-order valence-electron chi connectivity index (χ4n) is 1.31. The second kappa shape index (κ2) is 6.04. The van der Waals surface area contributed by atoms with Gasteiger partial charge < -0.3 is 10.5 Å². The van der Waals surface area contributed by atoms with Crippen molar-refractivity contribution in [2.45, 2.75) is 31.7 Å². The quantitative estimate of drug-likeness (QED) is 0.800. The Morgan fingerprint density at radius 2 is 2.00 bits per heavy atom. The monoisotopic (exact) mass is 265 g/mol. The molecular formula is C12H15F4NO. The van der Waals surface area contributed by atoms with Crippen molar-refractivity contribution < 1.29 is 22.3 Å². The number of benzene rings is 1. The summed E-state index contributed by atoms with van der Waals surface area (Å²) in [6.45, 7) is 0.526. The average Bonchev–Trinajstić information content (AvgIpc) is 2.35. The zero-order valence-electron chi connectivity index (χ0n) is 9.88. The molecule has 2 N–H and O–H groups in total. The van der Waals surface area contributed by atoms with E-state index in [9.17, 15) is 17.6 Å². The second-order valence-electron chi connectivity index (χ2n) is 3.94. The van der Waals surface area contributed by atoms with Gasteiger partial charge in [0.2, 0.25) is 0 Å². The lowest BCUT2D eigenvalue weighted by atomic mass is 10.1. The van der Waals surface area contributed by atoms with Crippen molar-refractivity contribution in [1.82, 2.24) is 0 Å². The molecule has 0 aliphatic rings. The Kier molecular flexibility index (Phi) is 4.95. The fraction of sp³-hybridized carbons (Fsp3) is 0.500. The van der Waals surface area contributed by atoms with E-state index in [0.29, 0.717) is 6.42 Å². The van der Waals surface area contributed by atoms with E-state index in [1.165, 1.54) is 12.1 Å². The summed E-state index contributed by atoms with van der Waals surface area (Å²) in [5.41, 5.74) is 6.49. The third kappa shape index (κ3) is 3.87. The Bertz CT molecular complexity index is 384. The van der Waals surface area contributed by atoms with Crippen LogP contribution in [0, 0.1) is 0 Å². The molecule has 0 saturated carbocycles. The van der Waals surface area contributed by atoms with Crippen LogP contribution < -0.4 is 10.5 Å². The van der Waals surface area contributed by atoms with Gasteiger partial charge in [0, 0.05) is 6.04 Å². The molecule has 18 heavy (non-hydrogen) atoms. The topological polar surface area (TPSA) is 35.2 Å². The van der Waals surface area contributed by atoms with Crippen LogP contribution in [0.3, 0.4) is 0 Å². The van der Waals surface area contributed by atoms with Gasteiger partial charge in [-0.15, -0.1) is 0 Å². The molecule has 2 nitrogen and oxygen atoms in total. The summed E-state index contributed by atoms with van der Waals surface area (Å²) in [5, 5.41) is 0. The van der Waals surface area contributed by atoms with Crippen LogP contribution in [0.5, 0.6) is 5.75 Å². The number of nitrogens with two attached hydrogens (primary N) is 1. The van der Waals surface area contributed by atoms with Crippen molar-refractivity contribution >= 4 is 0 Å². The van der Waals surface area contributed by atoms with Crippen LogP contribution in [-0.2, 0) is 0 Å². The molecule has 102 valence electrons. The molecule has 0 aromatic heterocycles. The van der Waals surface area contributed by atoms with Gasteiger partial charge in [-0.1, -0.05) is 19.1 Å². The zero-order chi connectivity index (χ0) is 13.8. The number of rotatable bonds is 6. The van der Waals surface area contributed by atoms with E-state index < -0.39 is 19.0 Å². The van der Waals surface area contributed by atoms with Gasteiger partial charge in [0.1, 0.15) is 5.75 Å². The van der Waals surface area contributed by atoms with Crippen LogP contribution in [0.2, 0.25) is 0 Å². The molecule has 0 amide bonds. The summed E-state index contributed by atoms with van der Waals surface area (Å²) in [4.78, 5) is 0. The molecule has 1 unspecified atom stereocenters. The SMILES string of the molecule is CCC(N)c1cccc(OCC(F)(F)C(F)F)c1. The minimum atomic E-state index is -4.15.